The number of fused-ring (bicyclic) bond motifs is 4. The van der Waals surface area contributed by atoms with Gasteiger partial charge in [-0.3, -0.25) is 4.57 Å². The average Bonchev–Trinajstić information content (AvgIpc) is 3.79. The Bertz CT molecular complexity index is 3120. The molecule has 0 atom stereocenters. The molecule has 9 rings (SSSR count). The minimum atomic E-state index is -1.94. The van der Waals surface area contributed by atoms with Crippen molar-refractivity contribution in [3.8, 4) is 39.8 Å². The van der Waals surface area contributed by atoms with Crippen LogP contribution >= 0.6 is 0 Å². The molecule has 4 heterocycles. The van der Waals surface area contributed by atoms with Crippen molar-refractivity contribution in [2.75, 3.05) is 0 Å². The summed E-state index contributed by atoms with van der Waals surface area (Å²) in [6.07, 6.45) is 6.69. The van der Waals surface area contributed by atoms with Crippen molar-refractivity contribution in [2.45, 2.75) is 72.6 Å². The van der Waals surface area contributed by atoms with Gasteiger partial charge >= 0.3 is 0 Å². The van der Waals surface area contributed by atoms with Crippen LogP contribution in [0.1, 0.15) is 76.2 Å². The van der Waals surface area contributed by atoms with E-state index in [0.29, 0.717) is 34.1 Å². The molecule has 0 radical (unpaired) electrons. The predicted molar refractivity (Wildman–Crippen MR) is 239 cm³/mol. The van der Waals surface area contributed by atoms with Gasteiger partial charge in [0.05, 0.1) is 16.7 Å². The van der Waals surface area contributed by atoms with Gasteiger partial charge in [0, 0.05) is 48.4 Å². The average molecular weight is 970 g/mol. The Labute approximate surface area is 372 Å². The molecule has 0 saturated carbocycles. The second-order valence-electron chi connectivity index (χ2n) is 17.5. The van der Waals surface area contributed by atoms with Gasteiger partial charge in [-0.1, -0.05) is 140 Å². The van der Waals surface area contributed by atoms with Crippen molar-refractivity contribution in [3.63, 3.8) is 0 Å². The molecule has 60 heavy (non-hydrogen) atoms. The molecule has 0 spiro atoms. The minimum absolute atomic E-state index is 0. The number of aromatic nitrogens is 5. The van der Waals surface area contributed by atoms with E-state index in [1.54, 1.807) is 44.6 Å². The van der Waals surface area contributed by atoms with Crippen LogP contribution in [0.2, 0.25) is 0 Å². The van der Waals surface area contributed by atoms with E-state index in [-0.39, 0.29) is 31.9 Å². The van der Waals surface area contributed by atoms with Gasteiger partial charge < -0.3 is 18.9 Å². The largest absolute Gasteiger partial charge is 0.508 e. The fourth-order valence-electron chi connectivity index (χ4n) is 7.63. The summed E-state index contributed by atoms with van der Waals surface area (Å²) in [5, 5.41) is 1.92. The van der Waals surface area contributed by atoms with Crippen LogP contribution in [-0.2, 0) is 38.3 Å². The van der Waals surface area contributed by atoms with E-state index in [0.717, 1.165) is 44.1 Å². The van der Waals surface area contributed by atoms with E-state index in [2.05, 4.69) is 130 Å². The van der Waals surface area contributed by atoms with Crippen molar-refractivity contribution >= 4 is 32.8 Å². The number of hydrogen-bond acceptors (Lipinski definition) is 3. The Morgan fingerprint density at radius 2 is 1.47 bits per heavy atom. The first-order chi connectivity index (χ1) is 29.4. The van der Waals surface area contributed by atoms with Crippen LogP contribution in [0.15, 0.2) is 134 Å². The zero-order valence-electron chi connectivity index (χ0n) is 38.2. The maximum Gasteiger partial charge on any atom is 0.268 e. The molecule has 0 aliphatic heterocycles. The van der Waals surface area contributed by atoms with Crippen LogP contribution in [0.25, 0.3) is 61.2 Å². The molecule has 4 aromatic heterocycles. The molecule has 0 N–H and O–H groups in total. The molecule has 0 aliphatic rings. The number of pyridine rings is 2. The van der Waals surface area contributed by atoms with Crippen LogP contribution in [0.3, 0.4) is 0 Å². The smallest absolute Gasteiger partial charge is 0.268 e. The van der Waals surface area contributed by atoms with Gasteiger partial charge in [-0.05, 0) is 98.5 Å². The SMILES string of the molecule is [2H]C(C)(C)C([2H])([2H])c1ccnc(-n2c3[c-]c(Oc4[c-]c(-n5[c-][n+](-c6cc(C(C)(C)C)cc(C(C)(C)C)c6)c6ccccc65)cnc4)ccc3c3cc(-c4ccccc4)ccc32)c1.[Pt]. The number of imidazole rings is 1. The third-order valence-corrected chi connectivity index (χ3v) is 10.7. The molecule has 0 bridgehead atoms. The Balaban J connectivity index is 0.00000544. The van der Waals surface area contributed by atoms with E-state index in [4.69, 9.17) is 13.8 Å². The topological polar surface area (TPSA) is 48.8 Å². The molecule has 0 unspecified atom stereocenters. The number of hydrogen-bond donors (Lipinski definition) is 0. The minimum Gasteiger partial charge on any atom is -0.508 e. The normalized spacial score (nSPS) is 13.2. The Morgan fingerprint density at radius 3 is 2.20 bits per heavy atom. The molecule has 7 heteroatoms. The number of nitrogens with zero attached hydrogens (tertiary/aromatic N) is 5. The van der Waals surface area contributed by atoms with Crippen molar-refractivity contribution in [2.24, 2.45) is 5.89 Å². The van der Waals surface area contributed by atoms with Crippen molar-refractivity contribution in [3.05, 3.63) is 169 Å². The van der Waals surface area contributed by atoms with Gasteiger partial charge in [-0.15, -0.1) is 23.6 Å². The maximum atomic E-state index is 8.88. The zero-order valence-corrected chi connectivity index (χ0v) is 37.4. The summed E-state index contributed by atoms with van der Waals surface area (Å²) < 4.78 is 39.0. The van der Waals surface area contributed by atoms with Gasteiger partial charge in [0.1, 0.15) is 5.82 Å². The number of para-hydroxylation sites is 2. The standard InChI is InChI=1S/C53H49N5O.Pt/c1-35(2)24-36-22-23-55-51(25-36)58-47-21-18-38(37-14-10-9-11-15-37)26-46(47)45-20-19-43(31-50(45)58)59-44-30-42(32-54-33-44)57-34-56(48-16-12-13-17-49(48)57)41-28-39(52(3,4)5)27-40(29-41)53(6,7)8;/h9-23,25-29,32-33,35H,24H2,1-8H3;/q-2;/i24D2,35D;. The summed E-state index contributed by atoms with van der Waals surface area (Å²) >= 11 is 0. The molecule has 0 amide bonds. The number of ether oxygens (including phenoxy) is 1. The Kier molecular flexibility index (Phi) is 9.90. The van der Waals surface area contributed by atoms with E-state index < -0.39 is 12.3 Å². The second-order valence-corrected chi connectivity index (χ2v) is 17.5. The van der Waals surface area contributed by atoms with Crippen molar-refractivity contribution < 1.29 is 34.5 Å². The molecule has 0 saturated heterocycles. The predicted octanol–water partition coefficient (Wildman–Crippen LogP) is 12.4. The monoisotopic (exact) mass is 969 g/mol. The van der Waals surface area contributed by atoms with Crippen LogP contribution < -0.4 is 9.30 Å². The molecular formula is C53H49N5OPt-2. The molecule has 5 aromatic carbocycles. The van der Waals surface area contributed by atoms with Gasteiger partial charge in [-0.2, -0.15) is 6.07 Å². The van der Waals surface area contributed by atoms with Crippen LogP contribution in [-0.4, -0.2) is 19.1 Å². The van der Waals surface area contributed by atoms with Gasteiger partial charge in [0.25, 0.3) is 6.33 Å². The van der Waals surface area contributed by atoms with Gasteiger partial charge in [0.2, 0.25) is 0 Å². The summed E-state index contributed by atoms with van der Waals surface area (Å²) in [5.41, 5.74) is 10.2. The second kappa shape index (κ2) is 16.0. The number of benzene rings is 5. The van der Waals surface area contributed by atoms with Crippen LogP contribution in [0, 0.1) is 24.4 Å². The van der Waals surface area contributed by atoms with E-state index in [1.165, 1.54) is 11.1 Å². The summed E-state index contributed by atoms with van der Waals surface area (Å²) in [6.45, 7) is 16.6. The molecule has 304 valence electrons. The maximum absolute atomic E-state index is 8.88. The fraction of sp³-hybridized carbons (Fsp3) is 0.226. The molecule has 9 aromatic rings. The molecule has 0 fully saturated rings. The first-order valence-corrected chi connectivity index (χ1v) is 20.1. The van der Waals surface area contributed by atoms with Crippen molar-refractivity contribution in [1.82, 2.24) is 19.1 Å². The van der Waals surface area contributed by atoms with E-state index >= 15 is 0 Å². The quantitative estimate of drug-likeness (QED) is 0.113. The van der Waals surface area contributed by atoms with Gasteiger partial charge in [-0.25, -0.2) is 4.98 Å². The molecule has 0 aliphatic carbocycles. The van der Waals surface area contributed by atoms with Gasteiger partial charge in [0.15, 0.2) is 0 Å². The van der Waals surface area contributed by atoms with E-state index in [9.17, 15) is 0 Å². The number of rotatable bonds is 8. The zero-order chi connectivity index (χ0) is 43.8. The first-order valence-electron chi connectivity index (χ1n) is 21.6. The summed E-state index contributed by atoms with van der Waals surface area (Å²) in [6, 6.07) is 46.0. The van der Waals surface area contributed by atoms with Crippen LogP contribution in [0.5, 0.6) is 11.5 Å². The van der Waals surface area contributed by atoms with E-state index in [1.807, 2.05) is 51.6 Å². The fourth-order valence-corrected chi connectivity index (χ4v) is 7.63. The molecule has 6 nitrogen and oxygen atoms in total. The Morgan fingerprint density at radius 1 is 0.733 bits per heavy atom. The van der Waals surface area contributed by atoms with Crippen LogP contribution in [0.4, 0.5) is 0 Å². The Hall–Kier alpha value is -5.84. The van der Waals surface area contributed by atoms with Crippen molar-refractivity contribution in [1.29, 1.82) is 0 Å². The molecular weight excluding hydrogens is 918 g/mol. The third-order valence-electron chi connectivity index (χ3n) is 10.7. The third kappa shape index (κ3) is 7.94. The summed E-state index contributed by atoms with van der Waals surface area (Å²) in [4.78, 5) is 9.35. The summed E-state index contributed by atoms with van der Waals surface area (Å²) in [5.74, 6) is -0.0244. The summed E-state index contributed by atoms with van der Waals surface area (Å²) in [7, 11) is 0. The first kappa shape index (κ1) is 37.2.